The molecule has 0 unspecified atom stereocenters. The maximum atomic E-state index is 11.3. The van der Waals surface area contributed by atoms with Crippen LogP contribution >= 0.6 is 11.6 Å². The number of hydrogen-bond acceptors (Lipinski definition) is 8. The van der Waals surface area contributed by atoms with Crippen LogP contribution in [0.3, 0.4) is 0 Å². The summed E-state index contributed by atoms with van der Waals surface area (Å²) >= 11 is 6.83. The normalized spacial score (nSPS) is 16.9. The fourth-order valence-electron chi connectivity index (χ4n) is 4.20. The highest BCUT2D eigenvalue weighted by atomic mass is 35.5. The number of nitrogens with one attached hydrogen (secondary N) is 3. The highest BCUT2D eigenvalue weighted by Gasteiger charge is 2.26. The van der Waals surface area contributed by atoms with Gasteiger partial charge in [-0.2, -0.15) is 14.8 Å². The number of rotatable bonds is 6. The second-order valence-electron chi connectivity index (χ2n) is 8.75. The standard InChI is InChI=1S/C22H24ClN9O2/c1-31-6-4-12(5-7-31)16-8-14(27-22(33)34)9-17(18(16)23)28-21-29-19(26-13-2-3-13)20-25-11-15(10-24)32(20)30-21/h8-9,11-13,27H,2-7H2,1H3,(H,33,34)(H2,26,28,29,30). The van der Waals surface area contributed by atoms with Gasteiger partial charge in [-0.3, -0.25) is 5.32 Å². The summed E-state index contributed by atoms with van der Waals surface area (Å²) in [6.45, 7) is 1.88. The first-order valence-corrected chi connectivity index (χ1v) is 11.5. The van der Waals surface area contributed by atoms with Crippen LogP contribution in [0.1, 0.15) is 42.9 Å². The Morgan fingerprint density at radius 1 is 1.26 bits per heavy atom. The summed E-state index contributed by atoms with van der Waals surface area (Å²) in [7, 11) is 2.08. The van der Waals surface area contributed by atoms with Gasteiger partial charge in [0.15, 0.2) is 17.2 Å². The lowest BCUT2D eigenvalue weighted by atomic mass is 9.89. The van der Waals surface area contributed by atoms with Gasteiger partial charge < -0.3 is 20.6 Å². The second kappa shape index (κ2) is 8.96. The van der Waals surface area contributed by atoms with Crippen LogP contribution < -0.4 is 16.0 Å². The molecule has 2 aliphatic rings. The molecule has 0 atom stereocenters. The van der Waals surface area contributed by atoms with Crippen LogP contribution in [-0.2, 0) is 0 Å². The molecule has 176 valence electrons. The lowest BCUT2D eigenvalue weighted by molar-refractivity contribution is 0.209. The largest absolute Gasteiger partial charge is 0.465 e. The van der Waals surface area contributed by atoms with Gasteiger partial charge in [0.05, 0.1) is 16.9 Å². The van der Waals surface area contributed by atoms with Gasteiger partial charge in [0.1, 0.15) is 6.07 Å². The van der Waals surface area contributed by atoms with Crippen LogP contribution in [0, 0.1) is 11.3 Å². The smallest absolute Gasteiger partial charge is 0.409 e. The van der Waals surface area contributed by atoms with Crippen LogP contribution in [0.2, 0.25) is 5.02 Å². The summed E-state index contributed by atoms with van der Waals surface area (Å²) in [4.78, 5) is 22.5. The van der Waals surface area contributed by atoms with Crippen molar-refractivity contribution in [2.75, 3.05) is 36.1 Å². The van der Waals surface area contributed by atoms with Crippen molar-refractivity contribution < 1.29 is 9.90 Å². The zero-order chi connectivity index (χ0) is 23.8. The van der Waals surface area contributed by atoms with E-state index >= 15 is 0 Å². The van der Waals surface area contributed by atoms with E-state index in [4.69, 9.17) is 11.6 Å². The number of carboxylic acid groups (broad SMARTS) is 1. The molecule has 11 nitrogen and oxygen atoms in total. The number of halogens is 1. The number of aromatic nitrogens is 4. The molecular weight excluding hydrogens is 458 g/mol. The van der Waals surface area contributed by atoms with E-state index in [1.807, 2.05) is 0 Å². The van der Waals surface area contributed by atoms with E-state index in [1.54, 1.807) is 12.1 Å². The average molecular weight is 482 g/mol. The quantitative estimate of drug-likeness (QED) is 0.412. The molecule has 2 aromatic heterocycles. The number of carbonyl (C=O) groups is 1. The highest BCUT2D eigenvalue weighted by Crippen LogP contribution is 2.40. The number of likely N-dealkylation sites (tertiary alicyclic amines) is 1. The lowest BCUT2D eigenvalue weighted by Gasteiger charge is -2.30. The van der Waals surface area contributed by atoms with Gasteiger partial charge in [-0.25, -0.2) is 9.78 Å². The first kappa shape index (κ1) is 22.2. The van der Waals surface area contributed by atoms with Gasteiger partial charge in [0.2, 0.25) is 5.95 Å². The lowest BCUT2D eigenvalue weighted by Crippen LogP contribution is -2.29. The number of hydrogen-bond donors (Lipinski definition) is 4. The monoisotopic (exact) mass is 481 g/mol. The molecule has 5 rings (SSSR count). The Kier molecular flexibility index (Phi) is 5.85. The third-order valence-corrected chi connectivity index (χ3v) is 6.57. The molecule has 0 spiro atoms. The molecule has 0 bridgehead atoms. The number of benzene rings is 1. The van der Waals surface area contributed by atoms with Crippen molar-refractivity contribution in [3.8, 4) is 6.07 Å². The molecule has 3 heterocycles. The van der Waals surface area contributed by atoms with Gasteiger partial charge in [0.25, 0.3) is 0 Å². The van der Waals surface area contributed by atoms with Crippen molar-refractivity contribution in [3.63, 3.8) is 0 Å². The van der Waals surface area contributed by atoms with Crippen LogP contribution in [0.15, 0.2) is 18.3 Å². The molecule has 1 aliphatic heterocycles. The molecule has 4 N–H and O–H groups in total. The van der Waals surface area contributed by atoms with Crippen LogP contribution in [0.25, 0.3) is 5.65 Å². The summed E-state index contributed by atoms with van der Waals surface area (Å²) in [5.41, 5.74) is 2.51. The maximum absolute atomic E-state index is 11.3. The Balaban J connectivity index is 1.54. The van der Waals surface area contributed by atoms with E-state index in [2.05, 4.69) is 49.0 Å². The summed E-state index contributed by atoms with van der Waals surface area (Å²) in [5, 5.41) is 32.6. The fraction of sp³-hybridized carbons (Fsp3) is 0.409. The number of nitrogens with zero attached hydrogens (tertiary/aromatic N) is 6. The molecule has 1 saturated heterocycles. The molecule has 0 radical (unpaired) electrons. The van der Waals surface area contributed by atoms with Crippen molar-refractivity contribution >= 4 is 46.5 Å². The van der Waals surface area contributed by atoms with E-state index < -0.39 is 6.09 Å². The summed E-state index contributed by atoms with van der Waals surface area (Å²) in [5.74, 6) is 0.941. The van der Waals surface area contributed by atoms with E-state index in [-0.39, 0.29) is 17.6 Å². The molecule has 12 heteroatoms. The number of imidazole rings is 1. The molecule has 1 saturated carbocycles. The molecule has 34 heavy (non-hydrogen) atoms. The number of amides is 1. The van der Waals surface area contributed by atoms with Crippen molar-refractivity contribution in [1.82, 2.24) is 24.5 Å². The van der Waals surface area contributed by atoms with Gasteiger partial charge in [-0.1, -0.05) is 11.6 Å². The Morgan fingerprint density at radius 2 is 2.03 bits per heavy atom. The summed E-state index contributed by atoms with van der Waals surface area (Å²) < 4.78 is 1.44. The topological polar surface area (TPSA) is 144 Å². The number of piperidine rings is 1. The molecule has 2 fully saturated rings. The summed E-state index contributed by atoms with van der Waals surface area (Å²) in [6, 6.07) is 5.82. The number of nitriles is 1. The Bertz CT molecular complexity index is 1290. The van der Waals surface area contributed by atoms with Gasteiger partial charge in [-0.05, 0) is 69.4 Å². The van der Waals surface area contributed by atoms with Crippen molar-refractivity contribution in [1.29, 1.82) is 5.26 Å². The third kappa shape index (κ3) is 4.55. The van der Waals surface area contributed by atoms with E-state index in [1.165, 1.54) is 10.7 Å². The van der Waals surface area contributed by atoms with Gasteiger partial charge in [-0.15, -0.1) is 5.10 Å². The maximum Gasteiger partial charge on any atom is 0.409 e. The Labute approximate surface area is 200 Å². The van der Waals surface area contributed by atoms with E-state index in [0.717, 1.165) is 44.3 Å². The molecule has 1 aliphatic carbocycles. The van der Waals surface area contributed by atoms with Crippen LogP contribution in [0.5, 0.6) is 0 Å². The van der Waals surface area contributed by atoms with Crippen LogP contribution in [-0.4, -0.2) is 61.9 Å². The average Bonchev–Trinajstić information content (AvgIpc) is 3.52. The highest BCUT2D eigenvalue weighted by molar-refractivity contribution is 6.34. The Hall–Kier alpha value is -3.62. The molecule has 1 amide bonds. The fourth-order valence-corrected chi connectivity index (χ4v) is 4.51. The third-order valence-electron chi connectivity index (χ3n) is 6.15. The molecule has 1 aromatic carbocycles. The number of fused-ring (bicyclic) bond motifs is 1. The Morgan fingerprint density at radius 3 is 2.71 bits per heavy atom. The zero-order valence-corrected chi connectivity index (χ0v) is 19.3. The van der Waals surface area contributed by atoms with Crippen molar-refractivity contribution in [3.05, 3.63) is 34.6 Å². The minimum Gasteiger partial charge on any atom is -0.465 e. The molecular formula is C22H24ClN9O2. The minimum atomic E-state index is -1.16. The van der Waals surface area contributed by atoms with Crippen LogP contribution in [0.4, 0.5) is 27.9 Å². The molecule has 3 aromatic rings. The SMILES string of the molecule is CN1CCC(c2cc(NC(=O)O)cc(Nc3nc(NC4CC4)c4ncc(C#N)n4n3)c2Cl)CC1. The predicted octanol–water partition coefficient (Wildman–Crippen LogP) is 3.87. The van der Waals surface area contributed by atoms with E-state index in [0.29, 0.717) is 33.9 Å². The van der Waals surface area contributed by atoms with Crippen molar-refractivity contribution in [2.24, 2.45) is 0 Å². The summed E-state index contributed by atoms with van der Waals surface area (Å²) in [6.07, 6.45) is 4.22. The number of anilines is 4. The van der Waals surface area contributed by atoms with Gasteiger partial charge in [0, 0.05) is 11.7 Å². The zero-order valence-electron chi connectivity index (χ0n) is 18.5. The predicted molar refractivity (Wildman–Crippen MR) is 128 cm³/mol. The van der Waals surface area contributed by atoms with Gasteiger partial charge >= 0.3 is 6.09 Å². The second-order valence-corrected chi connectivity index (χ2v) is 9.13. The first-order chi connectivity index (χ1) is 16.4. The first-order valence-electron chi connectivity index (χ1n) is 11.1. The van der Waals surface area contributed by atoms with Crippen molar-refractivity contribution in [2.45, 2.75) is 37.6 Å². The minimum absolute atomic E-state index is 0.203. The van der Waals surface area contributed by atoms with E-state index in [9.17, 15) is 15.2 Å².